The van der Waals surface area contributed by atoms with Crippen LogP contribution in [-0.4, -0.2) is 28.8 Å². The summed E-state index contributed by atoms with van der Waals surface area (Å²) in [7, 11) is 0. The van der Waals surface area contributed by atoms with Gasteiger partial charge < -0.3 is 10.1 Å². The van der Waals surface area contributed by atoms with Gasteiger partial charge in [-0.3, -0.25) is 4.57 Å². The van der Waals surface area contributed by atoms with Crippen LogP contribution < -0.4 is 5.32 Å². The molecule has 1 aliphatic rings. The molecule has 1 saturated heterocycles. The Morgan fingerprint density at radius 2 is 2.50 bits per heavy atom. The quantitative estimate of drug-likeness (QED) is 0.854. The SMILES string of the molecule is FC(F)n1ccnc1CNC1CCCOC1. The van der Waals surface area contributed by atoms with Crippen molar-refractivity contribution in [2.45, 2.75) is 32.0 Å². The maximum Gasteiger partial charge on any atom is 0.319 e. The fraction of sp³-hybridized carbons (Fsp3) is 0.700. The molecule has 1 aromatic rings. The third-order valence-corrected chi connectivity index (χ3v) is 2.67. The highest BCUT2D eigenvalue weighted by molar-refractivity contribution is 4.93. The van der Waals surface area contributed by atoms with Crippen LogP contribution in [0.2, 0.25) is 0 Å². The first-order valence-electron chi connectivity index (χ1n) is 5.38. The largest absolute Gasteiger partial charge is 0.380 e. The summed E-state index contributed by atoms with van der Waals surface area (Å²) >= 11 is 0. The number of halogens is 2. The molecule has 0 amide bonds. The Bertz CT molecular complexity index is 324. The minimum Gasteiger partial charge on any atom is -0.380 e. The van der Waals surface area contributed by atoms with Crippen molar-refractivity contribution in [2.75, 3.05) is 13.2 Å². The molecule has 1 aromatic heterocycles. The molecule has 0 aliphatic carbocycles. The zero-order valence-corrected chi connectivity index (χ0v) is 8.90. The fourth-order valence-electron chi connectivity index (χ4n) is 1.80. The lowest BCUT2D eigenvalue weighted by Gasteiger charge is -2.23. The molecule has 1 N–H and O–H groups in total. The maximum atomic E-state index is 12.5. The van der Waals surface area contributed by atoms with E-state index in [9.17, 15) is 8.78 Å². The smallest absolute Gasteiger partial charge is 0.319 e. The van der Waals surface area contributed by atoms with Crippen LogP contribution in [-0.2, 0) is 11.3 Å². The zero-order valence-electron chi connectivity index (χ0n) is 8.90. The van der Waals surface area contributed by atoms with Gasteiger partial charge in [0.05, 0.1) is 13.2 Å². The van der Waals surface area contributed by atoms with E-state index in [-0.39, 0.29) is 6.04 Å². The summed E-state index contributed by atoms with van der Waals surface area (Å²) in [5, 5.41) is 3.18. The minimum atomic E-state index is -2.53. The molecule has 1 fully saturated rings. The summed E-state index contributed by atoms with van der Waals surface area (Å²) in [5.41, 5.74) is 0. The van der Waals surface area contributed by atoms with Crippen LogP contribution in [0.15, 0.2) is 12.4 Å². The van der Waals surface area contributed by atoms with Crippen LogP contribution in [0, 0.1) is 0 Å². The molecule has 0 aromatic carbocycles. The van der Waals surface area contributed by atoms with Crippen molar-refractivity contribution in [1.82, 2.24) is 14.9 Å². The molecular weight excluding hydrogens is 216 g/mol. The first-order valence-corrected chi connectivity index (χ1v) is 5.38. The van der Waals surface area contributed by atoms with Crippen LogP contribution in [0.4, 0.5) is 8.78 Å². The van der Waals surface area contributed by atoms with E-state index in [2.05, 4.69) is 10.3 Å². The Balaban J connectivity index is 1.86. The molecule has 1 aliphatic heterocycles. The molecule has 1 unspecified atom stereocenters. The second-order valence-electron chi connectivity index (χ2n) is 3.82. The Labute approximate surface area is 92.6 Å². The van der Waals surface area contributed by atoms with Gasteiger partial charge in [0.2, 0.25) is 0 Å². The van der Waals surface area contributed by atoms with Crippen molar-refractivity contribution >= 4 is 0 Å². The van der Waals surface area contributed by atoms with Gasteiger partial charge in [-0.25, -0.2) is 4.98 Å². The third kappa shape index (κ3) is 2.76. The molecular formula is C10H15F2N3O. The fourth-order valence-corrected chi connectivity index (χ4v) is 1.80. The number of hydrogen-bond acceptors (Lipinski definition) is 3. The first-order chi connectivity index (χ1) is 7.77. The highest BCUT2D eigenvalue weighted by Gasteiger charge is 2.15. The van der Waals surface area contributed by atoms with E-state index < -0.39 is 6.55 Å². The molecule has 0 spiro atoms. The number of alkyl halides is 2. The van der Waals surface area contributed by atoms with Gasteiger partial charge in [-0.15, -0.1) is 0 Å². The van der Waals surface area contributed by atoms with Crippen LogP contribution in [0.5, 0.6) is 0 Å². The van der Waals surface area contributed by atoms with Crippen molar-refractivity contribution in [2.24, 2.45) is 0 Å². The topological polar surface area (TPSA) is 39.1 Å². The predicted molar refractivity (Wildman–Crippen MR) is 54.2 cm³/mol. The summed E-state index contributed by atoms with van der Waals surface area (Å²) in [6.45, 7) is -0.730. The minimum absolute atomic E-state index is 0.247. The first kappa shape index (κ1) is 11.5. The number of aromatic nitrogens is 2. The summed E-state index contributed by atoms with van der Waals surface area (Å²) < 4.78 is 31.2. The van der Waals surface area contributed by atoms with Crippen molar-refractivity contribution in [3.05, 3.63) is 18.2 Å². The lowest BCUT2D eigenvalue weighted by atomic mass is 10.1. The predicted octanol–water partition coefficient (Wildman–Crippen LogP) is 1.55. The van der Waals surface area contributed by atoms with E-state index >= 15 is 0 Å². The second kappa shape index (κ2) is 5.36. The monoisotopic (exact) mass is 231 g/mol. The van der Waals surface area contributed by atoms with Crippen molar-refractivity contribution < 1.29 is 13.5 Å². The number of rotatable bonds is 4. The number of imidazole rings is 1. The third-order valence-electron chi connectivity index (χ3n) is 2.67. The number of ether oxygens (including phenoxy) is 1. The average molecular weight is 231 g/mol. The van der Waals surface area contributed by atoms with E-state index in [1.807, 2.05) is 0 Å². The van der Waals surface area contributed by atoms with Gasteiger partial charge in [-0.1, -0.05) is 0 Å². The number of hydrogen-bond donors (Lipinski definition) is 1. The normalized spacial score (nSPS) is 21.6. The van der Waals surface area contributed by atoms with Gasteiger partial charge in [0, 0.05) is 25.0 Å². The van der Waals surface area contributed by atoms with Gasteiger partial charge in [0.25, 0.3) is 0 Å². The van der Waals surface area contributed by atoms with Crippen molar-refractivity contribution in [3.8, 4) is 0 Å². The van der Waals surface area contributed by atoms with Gasteiger partial charge in [-0.2, -0.15) is 8.78 Å². The van der Waals surface area contributed by atoms with Gasteiger partial charge >= 0.3 is 6.55 Å². The zero-order chi connectivity index (χ0) is 11.4. The van der Waals surface area contributed by atoms with Gasteiger partial charge in [0.1, 0.15) is 5.82 Å². The lowest BCUT2D eigenvalue weighted by Crippen LogP contribution is -2.36. The molecule has 4 nitrogen and oxygen atoms in total. The molecule has 90 valence electrons. The van der Waals surface area contributed by atoms with Crippen LogP contribution in [0.3, 0.4) is 0 Å². The van der Waals surface area contributed by atoms with Crippen LogP contribution in [0.25, 0.3) is 0 Å². The second-order valence-corrected chi connectivity index (χ2v) is 3.82. The molecule has 6 heteroatoms. The summed E-state index contributed by atoms with van der Waals surface area (Å²) in [6.07, 6.45) is 4.72. The molecule has 0 saturated carbocycles. The molecule has 0 bridgehead atoms. The van der Waals surface area contributed by atoms with Crippen molar-refractivity contribution in [1.29, 1.82) is 0 Å². The Morgan fingerprint density at radius 1 is 1.62 bits per heavy atom. The summed E-state index contributed by atoms with van der Waals surface area (Å²) in [6, 6.07) is 0.247. The maximum absolute atomic E-state index is 12.5. The average Bonchev–Trinajstić information content (AvgIpc) is 2.76. The van der Waals surface area contributed by atoms with E-state index in [1.165, 1.54) is 12.4 Å². The number of nitrogens with one attached hydrogen (secondary N) is 1. The molecule has 2 rings (SSSR count). The van der Waals surface area contributed by atoms with Gasteiger partial charge in [-0.05, 0) is 12.8 Å². The Kier molecular flexibility index (Phi) is 3.84. The highest BCUT2D eigenvalue weighted by atomic mass is 19.3. The summed E-state index contributed by atoms with van der Waals surface area (Å²) in [4.78, 5) is 3.90. The van der Waals surface area contributed by atoms with E-state index in [1.54, 1.807) is 0 Å². The van der Waals surface area contributed by atoms with E-state index in [4.69, 9.17) is 4.74 Å². The van der Waals surface area contributed by atoms with E-state index in [0.29, 0.717) is 19.0 Å². The lowest BCUT2D eigenvalue weighted by molar-refractivity contribution is 0.0612. The summed E-state index contributed by atoms with van der Waals surface area (Å²) in [5.74, 6) is 0.362. The Hall–Kier alpha value is -1.01. The molecule has 16 heavy (non-hydrogen) atoms. The molecule has 0 radical (unpaired) electrons. The van der Waals surface area contributed by atoms with Crippen molar-refractivity contribution in [3.63, 3.8) is 0 Å². The molecule has 2 heterocycles. The van der Waals surface area contributed by atoms with Gasteiger partial charge in [0.15, 0.2) is 0 Å². The van der Waals surface area contributed by atoms with E-state index in [0.717, 1.165) is 24.0 Å². The molecule has 1 atom stereocenters. The standard InChI is InChI=1S/C10H15F2N3O/c11-10(12)15-4-3-13-9(15)6-14-8-2-1-5-16-7-8/h3-4,8,10,14H,1-2,5-7H2. The van der Waals surface area contributed by atoms with Crippen LogP contribution >= 0.6 is 0 Å². The highest BCUT2D eigenvalue weighted by Crippen LogP contribution is 2.13. The Morgan fingerprint density at radius 3 is 3.19 bits per heavy atom. The number of nitrogens with zero attached hydrogens (tertiary/aromatic N) is 2. The van der Waals surface area contributed by atoms with Crippen LogP contribution in [0.1, 0.15) is 25.2 Å².